The lowest BCUT2D eigenvalue weighted by Gasteiger charge is -2.09. The monoisotopic (exact) mass is 364 g/mol. The molecule has 140 valence electrons. The fourth-order valence-corrected chi connectivity index (χ4v) is 2.91. The van der Waals surface area contributed by atoms with Gasteiger partial charge in [0.2, 0.25) is 0 Å². The third-order valence-corrected chi connectivity index (χ3v) is 4.48. The normalized spacial score (nSPS) is 10.5. The predicted molar refractivity (Wildman–Crippen MR) is 105 cm³/mol. The summed E-state index contributed by atoms with van der Waals surface area (Å²) in [7, 11) is 1.63. The van der Waals surface area contributed by atoms with Gasteiger partial charge < -0.3 is 15.4 Å². The number of urea groups is 1. The molecular formula is C21H24N4O2. The number of hydrogen-bond donors (Lipinski definition) is 2. The van der Waals surface area contributed by atoms with Crippen LogP contribution in [0.5, 0.6) is 5.75 Å². The van der Waals surface area contributed by atoms with Crippen LogP contribution in [0.25, 0.3) is 5.69 Å². The molecule has 0 unspecified atom stereocenters. The van der Waals surface area contributed by atoms with Crippen molar-refractivity contribution < 1.29 is 9.53 Å². The summed E-state index contributed by atoms with van der Waals surface area (Å²) in [6.07, 6.45) is 0. The van der Waals surface area contributed by atoms with Crippen molar-refractivity contribution in [2.45, 2.75) is 26.9 Å². The first-order valence-electron chi connectivity index (χ1n) is 8.83. The minimum absolute atomic E-state index is 0.211. The maximum absolute atomic E-state index is 12.1. The Morgan fingerprint density at radius 1 is 1.00 bits per heavy atom. The first-order valence-corrected chi connectivity index (χ1v) is 8.83. The third-order valence-electron chi connectivity index (χ3n) is 4.48. The molecule has 2 N–H and O–H groups in total. The van der Waals surface area contributed by atoms with Gasteiger partial charge in [0.15, 0.2) is 0 Å². The molecule has 0 aliphatic carbocycles. The molecule has 0 aliphatic rings. The molecule has 6 heteroatoms. The van der Waals surface area contributed by atoms with E-state index in [4.69, 9.17) is 4.74 Å². The van der Waals surface area contributed by atoms with Crippen molar-refractivity contribution in [2.75, 3.05) is 7.11 Å². The molecule has 3 rings (SSSR count). The second-order valence-electron chi connectivity index (χ2n) is 6.28. The van der Waals surface area contributed by atoms with Gasteiger partial charge in [-0.15, -0.1) is 0 Å². The first-order chi connectivity index (χ1) is 13.1. The number of carbonyl (C=O) groups is 1. The highest BCUT2D eigenvalue weighted by Crippen LogP contribution is 2.17. The summed E-state index contributed by atoms with van der Waals surface area (Å²) >= 11 is 0. The van der Waals surface area contributed by atoms with E-state index in [-0.39, 0.29) is 6.03 Å². The summed E-state index contributed by atoms with van der Waals surface area (Å²) in [5.41, 5.74) is 4.97. The zero-order valence-corrected chi connectivity index (χ0v) is 15.8. The number of benzene rings is 2. The van der Waals surface area contributed by atoms with E-state index in [9.17, 15) is 4.79 Å². The number of para-hydroxylation sites is 1. The lowest BCUT2D eigenvalue weighted by Crippen LogP contribution is -2.34. The largest absolute Gasteiger partial charge is 0.497 e. The van der Waals surface area contributed by atoms with Crippen LogP contribution in [-0.2, 0) is 13.1 Å². The van der Waals surface area contributed by atoms with Crippen LogP contribution in [0.1, 0.15) is 22.5 Å². The van der Waals surface area contributed by atoms with Gasteiger partial charge in [0, 0.05) is 24.3 Å². The molecule has 1 heterocycles. The van der Waals surface area contributed by atoms with Crippen LogP contribution in [0.15, 0.2) is 54.6 Å². The van der Waals surface area contributed by atoms with Crippen LogP contribution >= 0.6 is 0 Å². The van der Waals surface area contributed by atoms with Gasteiger partial charge in [-0.1, -0.05) is 30.3 Å². The number of rotatable bonds is 6. The molecule has 0 saturated heterocycles. The lowest BCUT2D eigenvalue weighted by atomic mass is 10.2. The van der Waals surface area contributed by atoms with Gasteiger partial charge in [-0.2, -0.15) is 5.10 Å². The Morgan fingerprint density at radius 2 is 1.67 bits per heavy atom. The third kappa shape index (κ3) is 4.47. The molecule has 3 aromatic rings. The van der Waals surface area contributed by atoms with Crippen LogP contribution in [0.2, 0.25) is 0 Å². The van der Waals surface area contributed by atoms with Crippen molar-refractivity contribution in [3.8, 4) is 11.4 Å². The van der Waals surface area contributed by atoms with Gasteiger partial charge in [0.05, 0.1) is 18.5 Å². The second-order valence-corrected chi connectivity index (χ2v) is 6.28. The van der Waals surface area contributed by atoms with E-state index >= 15 is 0 Å². The predicted octanol–water partition coefficient (Wildman–Crippen LogP) is 3.50. The minimum Gasteiger partial charge on any atom is -0.497 e. The zero-order valence-electron chi connectivity index (χ0n) is 15.8. The number of amides is 2. The Balaban J connectivity index is 1.58. The summed E-state index contributed by atoms with van der Waals surface area (Å²) in [6.45, 7) is 4.86. The van der Waals surface area contributed by atoms with Crippen molar-refractivity contribution in [3.05, 3.63) is 77.1 Å². The molecule has 0 atom stereocenters. The summed E-state index contributed by atoms with van der Waals surface area (Å²) in [5.74, 6) is 0.796. The van der Waals surface area contributed by atoms with Crippen molar-refractivity contribution >= 4 is 6.03 Å². The Labute approximate surface area is 159 Å². The molecule has 0 bridgehead atoms. The Morgan fingerprint density at radius 3 is 2.33 bits per heavy atom. The molecule has 0 fully saturated rings. The SMILES string of the molecule is COc1ccc(CNC(=O)NCc2c(C)nn(-c3ccccc3)c2C)cc1. The van der Waals surface area contributed by atoms with Gasteiger partial charge in [0.25, 0.3) is 0 Å². The number of aryl methyl sites for hydroxylation is 1. The van der Waals surface area contributed by atoms with E-state index in [2.05, 4.69) is 15.7 Å². The topological polar surface area (TPSA) is 68.2 Å². The van der Waals surface area contributed by atoms with Crippen LogP contribution < -0.4 is 15.4 Å². The van der Waals surface area contributed by atoms with Crippen molar-refractivity contribution in [2.24, 2.45) is 0 Å². The van der Waals surface area contributed by atoms with E-state index in [0.717, 1.165) is 34.0 Å². The fraction of sp³-hybridized carbons (Fsp3) is 0.238. The van der Waals surface area contributed by atoms with Crippen LogP contribution in [0.3, 0.4) is 0 Å². The standard InChI is InChI=1S/C21H24N4O2/c1-15-20(16(2)25(24-15)18-7-5-4-6-8-18)14-23-21(26)22-13-17-9-11-19(27-3)12-10-17/h4-12H,13-14H2,1-3H3,(H2,22,23,26). The zero-order chi connectivity index (χ0) is 19.2. The van der Waals surface area contributed by atoms with Crippen LogP contribution in [0, 0.1) is 13.8 Å². The number of nitrogens with one attached hydrogen (secondary N) is 2. The highest BCUT2D eigenvalue weighted by molar-refractivity contribution is 5.73. The number of nitrogens with zero attached hydrogens (tertiary/aromatic N) is 2. The molecule has 1 aromatic heterocycles. The molecule has 0 radical (unpaired) electrons. The Bertz CT molecular complexity index is 902. The number of methoxy groups -OCH3 is 1. The molecule has 2 amide bonds. The average molecular weight is 364 g/mol. The number of carbonyl (C=O) groups excluding carboxylic acids is 1. The van der Waals surface area contributed by atoms with Crippen molar-refractivity contribution in [3.63, 3.8) is 0 Å². The van der Waals surface area contributed by atoms with E-state index in [0.29, 0.717) is 13.1 Å². The van der Waals surface area contributed by atoms with Crippen molar-refractivity contribution in [1.29, 1.82) is 0 Å². The summed E-state index contributed by atoms with van der Waals surface area (Å²) in [5, 5.41) is 10.4. The highest BCUT2D eigenvalue weighted by Gasteiger charge is 2.13. The molecule has 6 nitrogen and oxygen atoms in total. The Hall–Kier alpha value is -3.28. The van der Waals surface area contributed by atoms with Crippen LogP contribution in [0.4, 0.5) is 4.79 Å². The summed E-state index contributed by atoms with van der Waals surface area (Å²) in [6, 6.07) is 17.4. The second kappa shape index (κ2) is 8.40. The van der Waals surface area contributed by atoms with E-state index in [1.165, 1.54) is 0 Å². The molecule has 0 saturated carbocycles. The number of aromatic nitrogens is 2. The molecule has 0 spiro atoms. The van der Waals surface area contributed by atoms with Gasteiger partial charge in [-0.05, 0) is 43.7 Å². The number of ether oxygens (including phenoxy) is 1. The Kier molecular flexibility index (Phi) is 5.76. The van der Waals surface area contributed by atoms with Crippen molar-refractivity contribution in [1.82, 2.24) is 20.4 Å². The highest BCUT2D eigenvalue weighted by atomic mass is 16.5. The minimum atomic E-state index is -0.211. The van der Waals surface area contributed by atoms with Gasteiger partial charge >= 0.3 is 6.03 Å². The van der Waals surface area contributed by atoms with Crippen LogP contribution in [-0.4, -0.2) is 22.9 Å². The maximum Gasteiger partial charge on any atom is 0.315 e. The fourth-order valence-electron chi connectivity index (χ4n) is 2.91. The van der Waals surface area contributed by atoms with E-state index in [1.54, 1.807) is 7.11 Å². The quantitative estimate of drug-likeness (QED) is 0.703. The molecular weight excluding hydrogens is 340 g/mol. The molecule has 0 aliphatic heterocycles. The maximum atomic E-state index is 12.1. The van der Waals surface area contributed by atoms with E-state index in [1.807, 2.05) is 73.1 Å². The van der Waals surface area contributed by atoms with E-state index < -0.39 is 0 Å². The lowest BCUT2D eigenvalue weighted by molar-refractivity contribution is 0.240. The summed E-state index contributed by atoms with van der Waals surface area (Å²) in [4.78, 5) is 12.1. The van der Waals surface area contributed by atoms with Gasteiger partial charge in [0.1, 0.15) is 5.75 Å². The number of hydrogen-bond acceptors (Lipinski definition) is 3. The molecule has 27 heavy (non-hydrogen) atoms. The van der Waals surface area contributed by atoms with Gasteiger partial charge in [-0.25, -0.2) is 9.48 Å². The average Bonchev–Trinajstić information content (AvgIpc) is 2.99. The van der Waals surface area contributed by atoms with Gasteiger partial charge in [-0.3, -0.25) is 0 Å². The smallest absolute Gasteiger partial charge is 0.315 e. The summed E-state index contributed by atoms with van der Waals surface area (Å²) < 4.78 is 7.04. The molecule has 2 aromatic carbocycles. The first kappa shape index (κ1) is 18.5.